The molecule has 4 heterocycles. The third-order valence-electron chi connectivity index (χ3n) is 5.44. The van der Waals surface area contributed by atoms with Gasteiger partial charge in [0.2, 0.25) is 11.9 Å². The highest BCUT2D eigenvalue weighted by atomic mass is 32.1. The molecule has 5 rings (SSSR count). The number of halogens is 5. The smallest absolute Gasteiger partial charge is 0.422 e. The number of hydrogen-bond acceptors (Lipinski definition) is 8. The van der Waals surface area contributed by atoms with Crippen molar-refractivity contribution in [3.05, 3.63) is 41.2 Å². The first-order chi connectivity index (χ1) is 17.5. The minimum Gasteiger partial charge on any atom is -0.478 e. The van der Waals surface area contributed by atoms with Crippen molar-refractivity contribution in [2.24, 2.45) is 4.99 Å². The Kier molecular flexibility index (Phi) is 6.05. The fourth-order valence-electron chi connectivity index (χ4n) is 3.86. The molecule has 1 N–H and O–H groups in total. The van der Waals surface area contributed by atoms with Crippen molar-refractivity contribution < 1.29 is 36.3 Å². The first kappa shape index (κ1) is 24.6. The fraction of sp³-hybridized carbons (Fsp3) is 0.286. The minimum atomic E-state index is -4.76. The summed E-state index contributed by atoms with van der Waals surface area (Å²) in [6.07, 6.45) is -3.39. The van der Waals surface area contributed by atoms with Crippen LogP contribution in [0.25, 0.3) is 11.3 Å². The van der Waals surface area contributed by atoms with E-state index in [1.807, 2.05) is 0 Å². The molecule has 37 heavy (non-hydrogen) atoms. The van der Waals surface area contributed by atoms with Crippen LogP contribution in [0.15, 0.2) is 28.8 Å². The van der Waals surface area contributed by atoms with Crippen LogP contribution in [-0.4, -0.2) is 70.1 Å². The summed E-state index contributed by atoms with van der Waals surface area (Å²) < 4.78 is 70.9. The van der Waals surface area contributed by atoms with Gasteiger partial charge in [-0.25, -0.2) is 18.7 Å². The molecule has 2 aliphatic heterocycles. The summed E-state index contributed by atoms with van der Waals surface area (Å²) in [6.45, 7) is -1.03. The first-order valence-electron chi connectivity index (χ1n) is 10.6. The molecule has 0 bridgehead atoms. The van der Waals surface area contributed by atoms with Crippen LogP contribution in [-0.2, 0) is 11.3 Å². The maximum atomic E-state index is 14.2. The fourth-order valence-corrected chi connectivity index (χ4v) is 4.59. The number of nitrogens with zero attached hydrogens (tertiary/aromatic N) is 6. The number of alkyl halides is 3. The first-order valence-corrected chi connectivity index (χ1v) is 11.5. The predicted octanol–water partition coefficient (Wildman–Crippen LogP) is 3.13. The number of rotatable bonds is 6. The molecule has 0 aliphatic carbocycles. The Morgan fingerprint density at radius 1 is 1.24 bits per heavy atom. The number of guanidine groups is 1. The third kappa shape index (κ3) is 4.71. The van der Waals surface area contributed by atoms with Gasteiger partial charge in [0.15, 0.2) is 40.6 Å². The summed E-state index contributed by atoms with van der Waals surface area (Å²) in [5.74, 6) is -3.80. The molecule has 10 nitrogen and oxygen atoms in total. The zero-order chi connectivity index (χ0) is 26.5. The lowest BCUT2D eigenvalue weighted by molar-refractivity contribution is -0.154. The van der Waals surface area contributed by atoms with E-state index in [-0.39, 0.29) is 34.5 Å². The van der Waals surface area contributed by atoms with Gasteiger partial charge in [-0.05, 0) is 12.1 Å². The number of ether oxygens (including phenoxy) is 1. The lowest BCUT2D eigenvalue weighted by Crippen LogP contribution is -2.48. The highest BCUT2D eigenvalue weighted by Crippen LogP contribution is 2.32. The molecule has 0 saturated heterocycles. The number of fused-ring (bicyclic) bond motifs is 3. The zero-order valence-electron chi connectivity index (χ0n) is 18.8. The van der Waals surface area contributed by atoms with E-state index in [2.05, 4.69) is 25.0 Å². The number of anilines is 2. The topological polar surface area (TPSA) is 105 Å². The number of amides is 2. The van der Waals surface area contributed by atoms with E-state index in [1.54, 1.807) is 11.9 Å². The number of benzene rings is 1. The molecule has 3 aromatic rings. The number of thiazole rings is 1. The molecular weight excluding hydrogens is 525 g/mol. The van der Waals surface area contributed by atoms with Gasteiger partial charge in [0, 0.05) is 24.5 Å². The van der Waals surface area contributed by atoms with Crippen LogP contribution in [0.4, 0.5) is 32.9 Å². The molecule has 0 unspecified atom stereocenters. The van der Waals surface area contributed by atoms with Gasteiger partial charge in [-0.15, -0.1) is 11.3 Å². The second-order valence-corrected chi connectivity index (χ2v) is 8.86. The molecule has 0 fully saturated rings. The lowest BCUT2D eigenvalue weighted by atomic mass is 10.1. The predicted molar refractivity (Wildman–Crippen MR) is 122 cm³/mol. The van der Waals surface area contributed by atoms with Gasteiger partial charge >= 0.3 is 6.18 Å². The summed E-state index contributed by atoms with van der Waals surface area (Å²) in [5.41, 5.74) is 0.252. The van der Waals surface area contributed by atoms with E-state index in [0.717, 1.165) is 23.5 Å². The van der Waals surface area contributed by atoms with Gasteiger partial charge < -0.3 is 14.6 Å². The SMILES string of the molecule is CN1C(=O)c2c(ncn2CC(=O)Nc2nc(-c3cc(F)c(OCC(F)(F)F)c(F)c3)cs2)N2CCN=C12. The summed E-state index contributed by atoms with van der Waals surface area (Å²) in [4.78, 5) is 41.3. The summed E-state index contributed by atoms with van der Waals surface area (Å²) >= 11 is 0.965. The Morgan fingerprint density at radius 3 is 2.68 bits per heavy atom. The van der Waals surface area contributed by atoms with E-state index in [1.165, 1.54) is 21.2 Å². The third-order valence-corrected chi connectivity index (χ3v) is 6.20. The summed E-state index contributed by atoms with van der Waals surface area (Å²) in [5, 5.41) is 4.06. The number of imidazole rings is 1. The molecule has 2 aromatic heterocycles. The average Bonchev–Trinajstić information content (AvgIpc) is 3.56. The monoisotopic (exact) mass is 541 g/mol. The summed E-state index contributed by atoms with van der Waals surface area (Å²) in [7, 11) is 1.58. The molecular formula is C21H16F5N7O3S. The van der Waals surface area contributed by atoms with E-state index in [9.17, 15) is 31.5 Å². The van der Waals surface area contributed by atoms with Gasteiger partial charge in [0.25, 0.3) is 5.91 Å². The molecule has 0 radical (unpaired) electrons. The number of aliphatic imine (C=N–C) groups is 1. The maximum Gasteiger partial charge on any atom is 0.422 e. The number of nitrogens with one attached hydrogen (secondary N) is 1. The largest absolute Gasteiger partial charge is 0.478 e. The molecule has 2 aliphatic rings. The molecule has 2 amide bonds. The van der Waals surface area contributed by atoms with Crippen molar-refractivity contribution in [1.29, 1.82) is 0 Å². The molecule has 1 aromatic carbocycles. The lowest BCUT2D eigenvalue weighted by Gasteiger charge is -2.30. The highest BCUT2D eigenvalue weighted by Gasteiger charge is 2.39. The van der Waals surface area contributed by atoms with Crippen molar-refractivity contribution >= 4 is 40.1 Å². The molecule has 0 spiro atoms. The Morgan fingerprint density at radius 2 is 1.97 bits per heavy atom. The van der Waals surface area contributed by atoms with Gasteiger partial charge in [-0.3, -0.25) is 24.4 Å². The Hall–Kier alpha value is -4.08. The van der Waals surface area contributed by atoms with Crippen LogP contribution in [0.5, 0.6) is 5.75 Å². The number of hydrogen-bond donors (Lipinski definition) is 1. The van der Waals surface area contributed by atoms with Crippen molar-refractivity contribution in [3.63, 3.8) is 0 Å². The van der Waals surface area contributed by atoms with E-state index >= 15 is 0 Å². The number of carbonyl (C=O) groups excluding carboxylic acids is 2. The van der Waals surface area contributed by atoms with Crippen LogP contribution in [0, 0.1) is 11.6 Å². The van der Waals surface area contributed by atoms with Crippen LogP contribution < -0.4 is 15.0 Å². The second kappa shape index (κ2) is 9.10. The van der Waals surface area contributed by atoms with Crippen molar-refractivity contribution in [2.45, 2.75) is 12.7 Å². The van der Waals surface area contributed by atoms with Crippen LogP contribution >= 0.6 is 11.3 Å². The van der Waals surface area contributed by atoms with Gasteiger partial charge in [-0.1, -0.05) is 0 Å². The normalized spacial score (nSPS) is 15.0. The van der Waals surface area contributed by atoms with Crippen molar-refractivity contribution in [2.75, 3.05) is 37.0 Å². The van der Waals surface area contributed by atoms with Gasteiger partial charge in [-0.2, -0.15) is 13.2 Å². The number of carbonyl (C=O) groups is 2. The minimum absolute atomic E-state index is 0.0634. The van der Waals surface area contributed by atoms with Crippen LogP contribution in [0.1, 0.15) is 10.5 Å². The maximum absolute atomic E-state index is 14.2. The van der Waals surface area contributed by atoms with Crippen molar-refractivity contribution in [1.82, 2.24) is 19.4 Å². The Labute approximate surface area is 209 Å². The molecule has 16 heteroatoms. The standard InChI is InChI=1S/C21H16F5N7O3S/c1-31-18(35)15-17(33-3-2-27-20(31)33)28-9-32(15)6-14(34)30-19-29-13(7-37-19)10-4-11(22)16(12(23)5-10)36-8-21(24,25)26/h4-5,7,9H,2-3,6,8H2,1H3,(H,29,30,34). The van der Waals surface area contributed by atoms with Crippen LogP contribution in [0.2, 0.25) is 0 Å². The average molecular weight is 541 g/mol. The zero-order valence-corrected chi connectivity index (χ0v) is 19.7. The molecule has 194 valence electrons. The van der Waals surface area contributed by atoms with E-state index < -0.39 is 36.1 Å². The molecule has 0 saturated carbocycles. The second-order valence-electron chi connectivity index (χ2n) is 8.00. The summed E-state index contributed by atoms with van der Waals surface area (Å²) in [6, 6.07) is 1.57. The Bertz CT molecular complexity index is 1410. The van der Waals surface area contributed by atoms with E-state index in [4.69, 9.17) is 0 Å². The Balaban J connectivity index is 1.28. The molecule has 0 atom stereocenters. The van der Waals surface area contributed by atoms with Crippen LogP contribution in [0.3, 0.4) is 0 Å². The van der Waals surface area contributed by atoms with Gasteiger partial charge in [0.1, 0.15) is 6.54 Å². The van der Waals surface area contributed by atoms with Crippen molar-refractivity contribution in [3.8, 4) is 17.0 Å². The van der Waals surface area contributed by atoms with E-state index in [0.29, 0.717) is 24.9 Å². The quantitative estimate of drug-likeness (QED) is 0.481. The number of aromatic nitrogens is 3. The van der Waals surface area contributed by atoms with Gasteiger partial charge in [0.05, 0.1) is 18.6 Å². The highest BCUT2D eigenvalue weighted by molar-refractivity contribution is 7.14.